The molecule has 0 saturated carbocycles. The fourth-order valence-corrected chi connectivity index (χ4v) is 3.72. The van der Waals surface area contributed by atoms with Crippen molar-refractivity contribution >= 4 is 12.0 Å². The molecule has 4 rings (SSSR count). The zero-order valence-corrected chi connectivity index (χ0v) is 15.2. The fourth-order valence-electron chi connectivity index (χ4n) is 3.72. The molecule has 5 heteroatoms. The number of fused-ring (bicyclic) bond motifs is 1. The van der Waals surface area contributed by atoms with Crippen LogP contribution in [0.15, 0.2) is 60.7 Å². The van der Waals surface area contributed by atoms with Crippen molar-refractivity contribution in [2.45, 2.75) is 11.8 Å². The molecule has 1 aliphatic rings. The van der Waals surface area contributed by atoms with Crippen molar-refractivity contribution in [1.82, 2.24) is 10.2 Å². The van der Waals surface area contributed by atoms with Crippen LogP contribution in [0.1, 0.15) is 32.9 Å². The first-order chi connectivity index (χ1) is 13.2. The third kappa shape index (κ3) is 2.81. The maximum absolute atomic E-state index is 12.0. The van der Waals surface area contributed by atoms with Crippen LogP contribution in [0.4, 0.5) is 0 Å². The molecule has 3 aromatic rings. The summed E-state index contributed by atoms with van der Waals surface area (Å²) in [7, 11) is 3.03. The molecule has 1 N–H and O–H groups in total. The zero-order chi connectivity index (χ0) is 18.9. The van der Waals surface area contributed by atoms with E-state index in [0.29, 0.717) is 12.1 Å². The van der Waals surface area contributed by atoms with E-state index in [-0.39, 0.29) is 5.41 Å². The van der Waals surface area contributed by atoms with Gasteiger partial charge in [0.15, 0.2) is 5.69 Å². The van der Waals surface area contributed by atoms with Crippen LogP contribution in [0.3, 0.4) is 0 Å². The smallest absolute Gasteiger partial charge is 0.359 e. The Morgan fingerprint density at radius 3 is 2.59 bits per heavy atom. The summed E-state index contributed by atoms with van der Waals surface area (Å²) >= 11 is 0. The number of hydrogen-bond donors (Lipinski definition) is 1. The predicted molar refractivity (Wildman–Crippen MR) is 103 cm³/mol. The Hall–Kier alpha value is -3.34. The zero-order valence-electron chi connectivity index (χ0n) is 15.2. The highest BCUT2D eigenvalue weighted by Gasteiger charge is 2.37. The van der Waals surface area contributed by atoms with E-state index in [1.54, 1.807) is 7.11 Å². The summed E-state index contributed by atoms with van der Waals surface area (Å²) in [5.74, 6) is 0.368. The van der Waals surface area contributed by atoms with E-state index < -0.39 is 5.97 Å². The number of methoxy groups -OCH3 is 2. The molecule has 1 aliphatic carbocycles. The van der Waals surface area contributed by atoms with Gasteiger partial charge in [-0.05, 0) is 23.3 Å². The molecule has 1 atom stereocenters. The first-order valence-electron chi connectivity index (χ1n) is 8.73. The summed E-state index contributed by atoms with van der Waals surface area (Å²) in [6.45, 7) is 0. The van der Waals surface area contributed by atoms with Crippen LogP contribution in [-0.2, 0) is 16.6 Å². The number of carbonyl (C=O) groups is 1. The molecule has 0 saturated heterocycles. The van der Waals surface area contributed by atoms with E-state index in [2.05, 4.69) is 40.5 Å². The number of aromatic amines is 1. The van der Waals surface area contributed by atoms with Gasteiger partial charge in [-0.25, -0.2) is 4.79 Å². The standard InChI is InChI=1S/C22H20N2O3/c1-26-17-10-6-9-16(13-17)22(15-7-4-3-5-8-15)12-11-18-19(14-22)23-24-20(18)21(25)27-2/h3-13H,14H2,1-2H3,(H,23,24). The molecule has 136 valence electrons. The van der Waals surface area contributed by atoms with E-state index in [0.717, 1.165) is 28.1 Å². The largest absolute Gasteiger partial charge is 0.497 e. The van der Waals surface area contributed by atoms with Crippen molar-refractivity contribution in [1.29, 1.82) is 0 Å². The summed E-state index contributed by atoms with van der Waals surface area (Å²) in [4.78, 5) is 12.0. The van der Waals surface area contributed by atoms with Gasteiger partial charge in [0.2, 0.25) is 0 Å². The molecule has 5 nitrogen and oxygen atoms in total. The third-order valence-electron chi connectivity index (χ3n) is 5.13. The maximum atomic E-state index is 12.0. The highest BCUT2D eigenvalue weighted by molar-refractivity contribution is 5.92. The second-order valence-electron chi connectivity index (χ2n) is 6.54. The summed E-state index contributed by atoms with van der Waals surface area (Å²) in [6, 6.07) is 18.4. The van der Waals surface area contributed by atoms with Crippen molar-refractivity contribution in [3.63, 3.8) is 0 Å². The van der Waals surface area contributed by atoms with Crippen molar-refractivity contribution in [3.05, 3.63) is 88.8 Å². The number of nitrogens with one attached hydrogen (secondary N) is 1. The van der Waals surface area contributed by atoms with E-state index in [1.807, 2.05) is 36.4 Å². The van der Waals surface area contributed by atoms with Crippen molar-refractivity contribution < 1.29 is 14.3 Å². The minimum absolute atomic E-state index is 0.316. The molecule has 2 aromatic carbocycles. The molecule has 1 heterocycles. The molecule has 1 aromatic heterocycles. The lowest BCUT2D eigenvalue weighted by Gasteiger charge is -2.34. The molecule has 0 bridgehead atoms. The van der Waals surface area contributed by atoms with E-state index in [4.69, 9.17) is 9.47 Å². The Bertz CT molecular complexity index is 1010. The Balaban J connectivity index is 1.88. The monoisotopic (exact) mass is 360 g/mol. The minimum Gasteiger partial charge on any atom is -0.497 e. The van der Waals surface area contributed by atoms with Gasteiger partial charge in [0.1, 0.15) is 5.75 Å². The summed E-state index contributed by atoms with van der Waals surface area (Å²) in [5.41, 5.74) is 3.90. The average molecular weight is 360 g/mol. The molecular formula is C22H20N2O3. The minimum atomic E-state index is -0.439. The second kappa shape index (κ2) is 6.76. The van der Waals surface area contributed by atoms with Crippen LogP contribution in [-0.4, -0.2) is 30.4 Å². The summed E-state index contributed by atoms with van der Waals surface area (Å²) < 4.78 is 10.3. The van der Waals surface area contributed by atoms with Gasteiger partial charge in [0, 0.05) is 23.1 Å². The Morgan fingerprint density at radius 2 is 1.85 bits per heavy atom. The van der Waals surface area contributed by atoms with Gasteiger partial charge in [0.05, 0.1) is 14.2 Å². The highest BCUT2D eigenvalue weighted by Crippen LogP contribution is 2.42. The van der Waals surface area contributed by atoms with Gasteiger partial charge in [-0.3, -0.25) is 5.10 Å². The molecule has 0 fully saturated rings. The quantitative estimate of drug-likeness (QED) is 0.720. The fraction of sp³-hybridized carbons (Fsp3) is 0.182. The SMILES string of the molecule is COC(=O)c1n[nH]c2c1C=CC(c1ccccc1)(c1cccc(OC)c1)C2. The van der Waals surface area contributed by atoms with E-state index in [9.17, 15) is 4.79 Å². The number of nitrogens with zero attached hydrogens (tertiary/aromatic N) is 1. The highest BCUT2D eigenvalue weighted by atomic mass is 16.5. The van der Waals surface area contributed by atoms with Crippen molar-refractivity contribution in [2.75, 3.05) is 14.2 Å². The number of benzene rings is 2. The Kier molecular flexibility index (Phi) is 4.28. The summed E-state index contributed by atoms with van der Waals surface area (Å²) in [6.07, 6.45) is 4.75. The van der Waals surface area contributed by atoms with Gasteiger partial charge in [-0.15, -0.1) is 0 Å². The van der Waals surface area contributed by atoms with Crippen LogP contribution in [0.2, 0.25) is 0 Å². The molecule has 1 unspecified atom stereocenters. The Morgan fingerprint density at radius 1 is 1.07 bits per heavy atom. The van der Waals surface area contributed by atoms with Crippen LogP contribution in [0, 0.1) is 0 Å². The van der Waals surface area contributed by atoms with Gasteiger partial charge in [-0.1, -0.05) is 54.6 Å². The van der Waals surface area contributed by atoms with Crippen LogP contribution in [0.25, 0.3) is 6.08 Å². The predicted octanol–water partition coefficient (Wildman–Crippen LogP) is 3.76. The van der Waals surface area contributed by atoms with Gasteiger partial charge in [0.25, 0.3) is 0 Å². The number of rotatable bonds is 4. The number of hydrogen-bond acceptors (Lipinski definition) is 4. The molecule has 0 radical (unpaired) electrons. The van der Waals surface area contributed by atoms with Gasteiger partial charge < -0.3 is 9.47 Å². The maximum Gasteiger partial charge on any atom is 0.359 e. The molecular weight excluding hydrogens is 340 g/mol. The molecule has 27 heavy (non-hydrogen) atoms. The van der Waals surface area contributed by atoms with Crippen LogP contribution < -0.4 is 4.74 Å². The number of aromatic nitrogens is 2. The third-order valence-corrected chi connectivity index (χ3v) is 5.13. The van der Waals surface area contributed by atoms with E-state index in [1.165, 1.54) is 7.11 Å². The topological polar surface area (TPSA) is 64.2 Å². The lowest BCUT2D eigenvalue weighted by atomic mass is 9.68. The van der Waals surface area contributed by atoms with Crippen molar-refractivity contribution in [2.24, 2.45) is 0 Å². The molecule has 0 aliphatic heterocycles. The van der Waals surface area contributed by atoms with Crippen molar-refractivity contribution in [3.8, 4) is 5.75 Å². The number of allylic oxidation sites excluding steroid dienone is 1. The Labute approximate surface area is 157 Å². The van der Waals surface area contributed by atoms with Crippen LogP contribution in [0.5, 0.6) is 5.75 Å². The van der Waals surface area contributed by atoms with Gasteiger partial charge >= 0.3 is 5.97 Å². The first-order valence-corrected chi connectivity index (χ1v) is 8.73. The van der Waals surface area contributed by atoms with Gasteiger partial charge in [-0.2, -0.15) is 5.10 Å². The second-order valence-corrected chi connectivity index (χ2v) is 6.54. The summed E-state index contributed by atoms with van der Waals surface area (Å²) in [5, 5.41) is 7.21. The lowest BCUT2D eigenvalue weighted by molar-refractivity contribution is 0.0593. The van der Waals surface area contributed by atoms with E-state index >= 15 is 0 Å². The number of carbonyl (C=O) groups excluding carboxylic acids is 1. The number of H-pyrrole nitrogens is 1. The molecule has 0 spiro atoms. The van der Waals surface area contributed by atoms with Crippen LogP contribution >= 0.6 is 0 Å². The molecule has 0 amide bonds. The lowest BCUT2D eigenvalue weighted by Crippen LogP contribution is -2.30. The average Bonchev–Trinajstić information content (AvgIpc) is 3.16. The number of esters is 1. The first kappa shape index (κ1) is 17.1. The number of ether oxygens (including phenoxy) is 2. The normalized spacial score (nSPS) is 18.0.